The van der Waals surface area contributed by atoms with Crippen LogP contribution in [0.2, 0.25) is 0 Å². The monoisotopic (exact) mass is 485 g/mol. The van der Waals surface area contributed by atoms with Crippen LogP contribution < -0.4 is 10.5 Å². The molecule has 1 amide bonds. The number of hydrogen-bond donors (Lipinski definition) is 0. The fourth-order valence-electron chi connectivity index (χ4n) is 4.29. The van der Waals surface area contributed by atoms with E-state index in [1.165, 1.54) is 11.8 Å². The van der Waals surface area contributed by atoms with Gasteiger partial charge >= 0.3 is 0 Å². The van der Waals surface area contributed by atoms with Gasteiger partial charge in [-0.25, -0.2) is 4.98 Å². The maximum atomic E-state index is 13.6. The summed E-state index contributed by atoms with van der Waals surface area (Å²) in [5, 5.41) is 0. The van der Waals surface area contributed by atoms with Crippen molar-refractivity contribution in [2.24, 2.45) is 0 Å². The van der Waals surface area contributed by atoms with Gasteiger partial charge in [0, 0.05) is 38.9 Å². The number of anilines is 1. The van der Waals surface area contributed by atoms with Crippen molar-refractivity contribution in [1.29, 1.82) is 0 Å². The lowest BCUT2D eigenvalue weighted by Gasteiger charge is -2.35. The van der Waals surface area contributed by atoms with Crippen molar-refractivity contribution in [3.8, 4) is 0 Å². The van der Waals surface area contributed by atoms with Crippen LogP contribution in [-0.4, -0.2) is 68.7 Å². The number of hydrogen-bond acceptors (Lipinski definition) is 7. The number of piperazine rings is 1. The smallest absolute Gasteiger partial charge is 0.267 e. The molecule has 9 heteroatoms. The van der Waals surface area contributed by atoms with E-state index in [-0.39, 0.29) is 11.5 Å². The van der Waals surface area contributed by atoms with Crippen LogP contribution >= 0.6 is 24.0 Å². The van der Waals surface area contributed by atoms with Crippen LogP contribution in [0.3, 0.4) is 0 Å². The fourth-order valence-corrected chi connectivity index (χ4v) is 5.58. The van der Waals surface area contributed by atoms with Crippen LogP contribution in [0.25, 0.3) is 11.7 Å². The lowest BCUT2D eigenvalue weighted by molar-refractivity contribution is -0.122. The molecule has 2 aliphatic heterocycles. The topological polar surface area (TPSA) is 61.2 Å². The molecule has 0 aromatic carbocycles. The van der Waals surface area contributed by atoms with Gasteiger partial charge in [-0.15, -0.1) is 0 Å². The highest BCUT2D eigenvalue weighted by Gasteiger charge is 2.32. The van der Waals surface area contributed by atoms with Crippen molar-refractivity contribution < 1.29 is 4.79 Å². The first-order valence-corrected chi connectivity index (χ1v) is 12.9. The number of carbonyl (C=O) groups excluding carboxylic acids is 1. The third-order valence-electron chi connectivity index (χ3n) is 6.32. The Morgan fingerprint density at radius 3 is 2.61 bits per heavy atom. The zero-order chi connectivity index (χ0) is 23.5. The van der Waals surface area contributed by atoms with E-state index in [9.17, 15) is 9.59 Å². The van der Waals surface area contributed by atoms with Crippen molar-refractivity contribution in [3.05, 3.63) is 44.7 Å². The molecule has 7 nitrogen and oxygen atoms in total. The molecular weight excluding hydrogens is 454 g/mol. The molecule has 33 heavy (non-hydrogen) atoms. The van der Waals surface area contributed by atoms with Gasteiger partial charge in [0.25, 0.3) is 11.5 Å². The normalized spacial score (nSPS) is 18.8. The van der Waals surface area contributed by atoms with Gasteiger partial charge in [-0.2, -0.15) is 0 Å². The molecule has 2 aromatic rings. The van der Waals surface area contributed by atoms with Gasteiger partial charge < -0.3 is 9.80 Å². The van der Waals surface area contributed by atoms with Crippen LogP contribution in [0, 0.1) is 6.92 Å². The fraction of sp³-hybridized carbons (Fsp3) is 0.500. The van der Waals surface area contributed by atoms with Gasteiger partial charge in [0.1, 0.15) is 15.8 Å². The Bertz CT molecular complexity index is 1150. The second kappa shape index (κ2) is 10.4. The summed E-state index contributed by atoms with van der Waals surface area (Å²) in [5.74, 6) is 0.540. The first-order chi connectivity index (χ1) is 15.9. The number of pyridine rings is 1. The lowest BCUT2D eigenvalue weighted by atomic mass is 10.2. The first-order valence-electron chi connectivity index (χ1n) is 11.7. The highest BCUT2D eigenvalue weighted by atomic mass is 32.2. The largest absolute Gasteiger partial charge is 0.353 e. The van der Waals surface area contributed by atoms with E-state index in [0.717, 1.165) is 57.5 Å². The van der Waals surface area contributed by atoms with Crippen LogP contribution in [0.15, 0.2) is 28.0 Å². The maximum absolute atomic E-state index is 13.6. The third-order valence-corrected chi connectivity index (χ3v) is 7.70. The third kappa shape index (κ3) is 4.85. The Balaban J connectivity index is 1.76. The van der Waals surface area contributed by atoms with E-state index in [1.54, 1.807) is 21.6 Å². The van der Waals surface area contributed by atoms with E-state index in [4.69, 9.17) is 17.2 Å². The van der Waals surface area contributed by atoms with Crippen molar-refractivity contribution in [2.75, 3.05) is 44.2 Å². The number of carbonyl (C=O) groups is 1. The van der Waals surface area contributed by atoms with Crippen molar-refractivity contribution in [3.63, 3.8) is 0 Å². The minimum atomic E-state index is -0.159. The molecule has 0 bridgehead atoms. The second-order valence-corrected chi connectivity index (χ2v) is 10.2. The zero-order valence-electron chi connectivity index (χ0n) is 19.5. The van der Waals surface area contributed by atoms with Crippen molar-refractivity contribution in [1.82, 2.24) is 19.2 Å². The maximum Gasteiger partial charge on any atom is 0.267 e. The summed E-state index contributed by atoms with van der Waals surface area (Å²) in [7, 11) is 0. The van der Waals surface area contributed by atoms with E-state index in [1.807, 2.05) is 19.1 Å². The Kier molecular flexibility index (Phi) is 7.51. The first kappa shape index (κ1) is 23.9. The van der Waals surface area contributed by atoms with E-state index in [2.05, 4.69) is 23.6 Å². The van der Waals surface area contributed by atoms with Crippen molar-refractivity contribution >= 4 is 51.7 Å². The number of likely N-dealkylation sites (N-methyl/N-ethyl adjacent to an activating group) is 1. The standard InChI is InChI=1S/C24H31N5O2S2/c1-4-6-7-10-29-23(31)19(33-24(29)32)16-18-21(27-14-12-26(5-2)13-15-27)25-20-17(3)9-8-11-28(20)22(18)30/h8-9,11,16H,4-7,10,12-15H2,1-3H3. The predicted octanol–water partition coefficient (Wildman–Crippen LogP) is 3.54. The SMILES string of the molecule is CCCCCN1C(=O)C(=Cc2c(N3CCN(CC)CC3)nc3c(C)cccn3c2=O)SC1=S. The highest BCUT2D eigenvalue weighted by molar-refractivity contribution is 8.26. The average molecular weight is 486 g/mol. The minimum Gasteiger partial charge on any atom is -0.353 e. The Morgan fingerprint density at radius 2 is 1.91 bits per heavy atom. The van der Waals surface area contributed by atoms with Gasteiger partial charge in [0.05, 0.1) is 10.5 Å². The number of fused-ring (bicyclic) bond motifs is 1. The van der Waals surface area contributed by atoms with E-state index < -0.39 is 0 Å². The summed E-state index contributed by atoms with van der Waals surface area (Å²) in [5.41, 5.74) is 1.89. The molecule has 0 unspecified atom stereocenters. The molecule has 4 heterocycles. The number of amides is 1. The second-order valence-electron chi connectivity index (χ2n) is 8.50. The molecule has 4 rings (SSSR count). The van der Waals surface area contributed by atoms with Gasteiger partial charge in [0.2, 0.25) is 0 Å². The van der Waals surface area contributed by atoms with Crippen LogP contribution in [0.4, 0.5) is 5.82 Å². The van der Waals surface area contributed by atoms with Crippen LogP contribution in [-0.2, 0) is 4.79 Å². The van der Waals surface area contributed by atoms with Gasteiger partial charge in [-0.3, -0.25) is 18.9 Å². The highest BCUT2D eigenvalue weighted by Crippen LogP contribution is 2.34. The summed E-state index contributed by atoms with van der Waals surface area (Å²) in [6.07, 6.45) is 6.51. The lowest BCUT2D eigenvalue weighted by Crippen LogP contribution is -2.47. The zero-order valence-corrected chi connectivity index (χ0v) is 21.2. The number of rotatable bonds is 7. The number of nitrogens with zero attached hydrogens (tertiary/aromatic N) is 5. The van der Waals surface area contributed by atoms with E-state index >= 15 is 0 Å². The van der Waals surface area contributed by atoms with E-state index in [0.29, 0.717) is 32.8 Å². The quantitative estimate of drug-likeness (QED) is 0.338. The molecule has 2 fully saturated rings. The van der Waals surface area contributed by atoms with Gasteiger partial charge in [-0.05, 0) is 37.6 Å². The van der Waals surface area contributed by atoms with Gasteiger partial charge in [0.15, 0.2) is 0 Å². The molecule has 0 atom stereocenters. The van der Waals surface area contributed by atoms with Gasteiger partial charge in [-0.1, -0.05) is 56.7 Å². The summed E-state index contributed by atoms with van der Waals surface area (Å²) in [4.78, 5) is 38.4. The number of unbranched alkanes of at least 4 members (excludes halogenated alkanes) is 2. The summed E-state index contributed by atoms with van der Waals surface area (Å²) in [6, 6.07) is 3.81. The molecule has 2 aliphatic rings. The molecule has 0 spiro atoms. The Morgan fingerprint density at radius 1 is 1.15 bits per heavy atom. The molecule has 0 N–H and O–H groups in total. The number of thioether (sulfide) groups is 1. The molecular formula is C24H31N5O2S2. The average Bonchev–Trinajstić information content (AvgIpc) is 3.09. The molecule has 0 saturated carbocycles. The Labute approximate surface area is 204 Å². The molecule has 176 valence electrons. The molecule has 2 saturated heterocycles. The number of aryl methyl sites for hydroxylation is 1. The Hall–Kier alpha value is -2.23. The molecule has 0 aliphatic carbocycles. The number of thiocarbonyl (C=S) groups is 1. The minimum absolute atomic E-state index is 0.114. The summed E-state index contributed by atoms with van der Waals surface area (Å²) < 4.78 is 2.14. The number of aromatic nitrogens is 2. The molecule has 0 radical (unpaired) electrons. The summed E-state index contributed by atoms with van der Waals surface area (Å²) >= 11 is 6.76. The van der Waals surface area contributed by atoms with Crippen molar-refractivity contribution in [2.45, 2.75) is 40.0 Å². The van der Waals surface area contributed by atoms with Crippen LogP contribution in [0.5, 0.6) is 0 Å². The summed E-state index contributed by atoms with van der Waals surface area (Å²) in [6.45, 7) is 11.3. The molecule has 2 aromatic heterocycles. The predicted molar refractivity (Wildman–Crippen MR) is 140 cm³/mol. The van der Waals surface area contributed by atoms with Crippen LogP contribution in [0.1, 0.15) is 44.2 Å².